The zero-order chi connectivity index (χ0) is 12.4. The predicted molar refractivity (Wildman–Crippen MR) is 74.5 cm³/mol. The maximum Gasteiger partial charge on any atom is 0.151 e. The van der Waals surface area contributed by atoms with Crippen molar-refractivity contribution in [2.24, 2.45) is 0 Å². The highest BCUT2D eigenvalue weighted by Gasteiger charge is 2.05. The SMILES string of the molecule is Cc1ccc(C)c(Oc2cc(Br)ccc2N)c1. The molecular weight excluding hydrogens is 278 g/mol. The Hall–Kier alpha value is -1.48. The van der Waals surface area contributed by atoms with Crippen molar-refractivity contribution in [1.29, 1.82) is 0 Å². The third-order valence-corrected chi connectivity index (χ3v) is 3.03. The number of ether oxygens (including phenoxy) is 1. The molecular formula is C14H14BrNO. The van der Waals surface area contributed by atoms with Crippen molar-refractivity contribution in [3.8, 4) is 11.5 Å². The summed E-state index contributed by atoms with van der Waals surface area (Å²) < 4.78 is 6.80. The van der Waals surface area contributed by atoms with Crippen LogP contribution >= 0.6 is 15.9 Å². The van der Waals surface area contributed by atoms with Crippen LogP contribution in [0.5, 0.6) is 11.5 Å². The molecule has 2 aromatic rings. The summed E-state index contributed by atoms with van der Waals surface area (Å²) in [5.74, 6) is 1.52. The summed E-state index contributed by atoms with van der Waals surface area (Å²) in [5, 5.41) is 0. The van der Waals surface area contributed by atoms with Gasteiger partial charge in [0.15, 0.2) is 5.75 Å². The quantitative estimate of drug-likeness (QED) is 0.830. The Kier molecular flexibility index (Phi) is 3.38. The van der Waals surface area contributed by atoms with E-state index in [2.05, 4.69) is 22.0 Å². The lowest BCUT2D eigenvalue weighted by atomic mass is 10.1. The van der Waals surface area contributed by atoms with Gasteiger partial charge in [0, 0.05) is 4.47 Å². The van der Waals surface area contributed by atoms with Crippen molar-refractivity contribution in [2.75, 3.05) is 5.73 Å². The van der Waals surface area contributed by atoms with Crippen LogP contribution in [0.4, 0.5) is 5.69 Å². The first-order valence-corrected chi connectivity index (χ1v) is 6.15. The fourth-order valence-electron chi connectivity index (χ4n) is 1.53. The minimum Gasteiger partial charge on any atom is -0.455 e. The van der Waals surface area contributed by atoms with Crippen molar-refractivity contribution < 1.29 is 4.74 Å². The van der Waals surface area contributed by atoms with Crippen LogP contribution in [-0.2, 0) is 0 Å². The average Bonchev–Trinajstić information content (AvgIpc) is 2.28. The van der Waals surface area contributed by atoms with Crippen LogP contribution in [0.25, 0.3) is 0 Å². The van der Waals surface area contributed by atoms with Crippen LogP contribution in [0.15, 0.2) is 40.9 Å². The van der Waals surface area contributed by atoms with E-state index in [1.165, 1.54) is 5.56 Å². The molecule has 2 N–H and O–H groups in total. The van der Waals surface area contributed by atoms with Crippen LogP contribution in [-0.4, -0.2) is 0 Å². The lowest BCUT2D eigenvalue weighted by Gasteiger charge is -2.11. The smallest absolute Gasteiger partial charge is 0.151 e. The second kappa shape index (κ2) is 4.80. The number of nitrogen functional groups attached to an aromatic ring is 1. The summed E-state index contributed by atoms with van der Waals surface area (Å²) in [6.07, 6.45) is 0. The summed E-state index contributed by atoms with van der Waals surface area (Å²) in [6.45, 7) is 4.06. The van der Waals surface area contributed by atoms with Gasteiger partial charge in [-0.25, -0.2) is 0 Å². The lowest BCUT2D eigenvalue weighted by Crippen LogP contribution is -1.93. The van der Waals surface area contributed by atoms with E-state index in [9.17, 15) is 0 Å². The Balaban J connectivity index is 2.37. The standard InChI is InChI=1S/C14H14BrNO/c1-9-3-4-10(2)13(7-9)17-14-8-11(15)5-6-12(14)16/h3-8H,16H2,1-2H3. The topological polar surface area (TPSA) is 35.2 Å². The third-order valence-electron chi connectivity index (χ3n) is 2.54. The number of benzene rings is 2. The zero-order valence-corrected chi connectivity index (χ0v) is 11.4. The van der Waals surface area contributed by atoms with Gasteiger partial charge in [-0.3, -0.25) is 0 Å². The number of rotatable bonds is 2. The van der Waals surface area contributed by atoms with Crippen molar-refractivity contribution >= 4 is 21.6 Å². The highest BCUT2D eigenvalue weighted by molar-refractivity contribution is 9.10. The normalized spacial score (nSPS) is 10.3. The van der Waals surface area contributed by atoms with Gasteiger partial charge in [0.1, 0.15) is 5.75 Å². The maximum atomic E-state index is 5.88. The van der Waals surface area contributed by atoms with E-state index >= 15 is 0 Å². The molecule has 0 aliphatic carbocycles. The second-order valence-corrected chi connectivity index (χ2v) is 4.97. The molecule has 0 saturated carbocycles. The highest BCUT2D eigenvalue weighted by Crippen LogP contribution is 2.32. The first kappa shape index (κ1) is 12.0. The molecule has 3 heteroatoms. The molecule has 88 valence electrons. The summed E-state index contributed by atoms with van der Waals surface area (Å²) in [4.78, 5) is 0. The molecule has 0 saturated heterocycles. The fourth-order valence-corrected chi connectivity index (χ4v) is 1.87. The molecule has 2 aromatic carbocycles. The van der Waals surface area contributed by atoms with Crippen molar-refractivity contribution in [3.63, 3.8) is 0 Å². The monoisotopic (exact) mass is 291 g/mol. The molecule has 0 aliphatic rings. The van der Waals surface area contributed by atoms with E-state index in [0.717, 1.165) is 15.8 Å². The van der Waals surface area contributed by atoms with Gasteiger partial charge in [0.2, 0.25) is 0 Å². The van der Waals surface area contributed by atoms with Crippen LogP contribution < -0.4 is 10.5 Å². The number of anilines is 1. The molecule has 0 radical (unpaired) electrons. The molecule has 0 bridgehead atoms. The summed E-state index contributed by atoms with van der Waals surface area (Å²) in [5.41, 5.74) is 8.77. The number of aryl methyl sites for hydroxylation is 2. The molecule has 17 heavy (non-hydrogen) atoms. The van der Waals surface area contributed by atoms with E-state index in [1.54, 1.807) is 0 Å². The largest absolute Gasteiger partial charge is 0.455 e. The molecule has 0 amide bonds. The van der Waals surface area contributed by atoms with Crippen LogP contribution in [0.1, 0.15) is 11.1 Å². The Labute approximate surface area is 110 Å². The average molecular weight is 292 g/mol. The number of hydrogen-bond donors (Lipinski definition) is 1. The molecule has 0 fully saturated rings. The van der Waals surface area contributed by atoms with Gasteiger partial charge in [-0.15, -0.1) is 0 Å². The first-order chi connectivity index (χ1) is 8.06. The molecule has 0 aromatic heterocycles. The molecule has 0 atom stereocenters. The van der Waals surface area contributed by atoms with Crippen molar-refractivity contribution in [2.45, 2.75) is 13.8 Å². The molecule has 0 spiro atoms. The van der Waals surface area contributed by atoms with E-state index in [4.69, 9.17) is 10.5 Å². The van der Waals surface area contributed by atoms with Gasteiger partial charge in [-0.05, 0) is 49.2 Å². The number of halogens is 1. The van der Waals surface area contributed by atoms with Gasteiger partial charge in [0.05, 0.1) is 5.69 Å². The lowest BCUT2D eigenvalue weighted by molar-refractivity contribution is 0.480. The second-order valence-electron chi connectivity index (χ2n) is 4.05. The Morgan fingerprint density at radius 1 is 1.00 bits per heavy atom. The van der Waals surface area contributed by atoms with E-state index < -0.39 is 0 Å². The van der Waals surface area contributed by atoms with Crippen LogP contribution in [0, 0.1) is 13.8 Å². The molecule has 2 nitrogen and oxygen atoms in total. The Morgan fingerprint density at radius 2 is 1.76 bits per heavy atom. The highest BCUT2D eigenvalue weighted by atomic mass is 79.9. The van der Waals surface area contributed by atoms with Gasteiger partial charge in [-0.1, -0.05) is 28.1 Å². The van der Waals surface area contributed by atoms with Crippen LogP contribution in [0.3, 0.4) is 0 Å². The van der Waals surface area contributed by atoms with Crippen molar-refractivity contribution in [3.05, 3.63) is 52.0 Å². The summed E-state index contributed by atoms with van der Waals surface area (Å²) in [6, 6.07) is 11.7. The minimum atomic E-state index is 0.633. The molecule has 0 unspecified atom stereocenters. The maximum absolute atomic E-state index is 5.88. The number of hydrogen-bond acceptors (Lipinski definition) is 2. The fraction of sp³-hybridized carbons (Fsp3) is 0.143. The first-order valence-electron chi connectivity index (χ1n) is 5.36. The molecule has 0 aliphatic heterocycles. The Bertz CT molecular complexity index is 502. The third kappa shape index (κ3) is 2.80. The van der Waals surface area contributed by atoms with E-state index in [1.807, 2.05) is 44.2 Å². The van der Waals surface area contributed by atoms with Gasteiger partial charge < -0.3 is 10.5 Å². The van der Waals surface area contributed by atoms with Gasteiger partial charge in [0.25, 0.3) is 0 Å². The van der Waals surface area contributed by atoms with E-state index in [-0.39, 0.29) is 0 Å². The van der Waals surface area contributed by atoms with E-state index in [0.29, 0.717) is 11.4 Å². The Morgan fingerprint density at radius 3 is 2.53 bits per heavy atom. The van der Waals surface area contributed by atoms with Crippen LogP contribution in [0.2, 0.25) is 0 Å². The van der Waals surface area contributed by atoms with Gasteiger partial charge in [-0.2, -0.15) is 0 Å². The molecule has 0 heterocycles. The minimum absolute atomic E-state index is 0.633. The van der Waals surface area contributed by atoms with Crippen molar-refractivity contribution in [1.82, 2.24) is 0 Å². The zero-order valence-electron chi connectivity index (χ0n) is 9.83. The summed E-state index contributed by atoms with van der Waals surface area (Å²) >= 11 is 3.41. The molecule has 2 rings (SSSR count). The predicted octanol–water partition coefficient (Wildman–Crippen LogP) is 4.44. The summed E-state index contributed by atoms with van der Waals surface area (Å²) in [7, 11) is 0. The van der Waals surface area contributed by atoms with Gasteiger partial charge >= 0.3 is 0 Å². The number of nitrogens with two attached hydrogens (primary N) is 1.